The molecule has 1 saturated carbocycles. The van der Waals surface area contributed by atoms with E-state index in [1.165, 1.54) is 23.3 Å². The van der Waals surface area contributed by atoms with E-state index >= 15 is 0 Å². The molecule has 1 fully saturated rings. The van der Waals surface area contributed by atoms with Gasteiger partial charge in [-0.2, -0.15) is 0 Å². The van der Waals surface area contributed by atoms with E-state index in [0.29, 0.717) is 50.2 Å². The number of carbonyl (C=O) groups excluding carboxylic acids is 2. The third kappa shape index (κ3) is 3.40. The van der Waals surface area contributed by atoms with Crippen molar-refractivity contribution in [3.05, 3.63) is 93.2 Å². The maximum atomic E-state index is 14.4. The van der Waals surface area contributed by atoms with Gasteiger partial charge in [0.2, 0.25) is 0 Å². The van der Waals surface area contributed by atoms with Crippen molar-refractivity contribution in [3.63, 3.8) is 0 Å². The number of hydrogen-bond donors (Lipinski definition) is 1. The Bertz CT molecular complexity index is 1740. The van der Waals surface area contributed by atoms with Crippen LogP contribution in [0.4, 0.5) is 11.4 Å². The molecular formula is C31H26Cl2N4O3. The second kappa shape index (κ2) is 8.85. The maximum Gasteiger partial charge on any atom is 0.280 e. The van der Waals surface area contributed by atoms with E-state index in [2.05, 4.69) is 17.4 Å². The van der Waals surface area contributed by atoms with Crippen LogP contribution in [0.25, 0.3) is 11.4 Å². The molecule has 1 aromatic heterocycles. The topological polar surface area (TPSA) is 76.5 Å². The van der Waals surface area contributed by atoms with Gasteiger partial charge in [-0.1, -0.05) is 41.4 Å². The van der Waals surface area contributed by atoms with Crippen molar-refractivity contribution in [1.82, 2.24) is 9.55 Å². The van der Waals surface area contributed by atoms with E-state index < -0.39 is 5.54 Å². The van der Waals surface area contributed by atoms with E-state index in [1.54, 1.807) is 49.6 Å². The van der Waals surface area contributed by atoms with E-state index in [9.17, 15) is 9.59 Å². The number of fused-ring (bicyclic) bond motifs is 4. The van der Waals surface area contributed by atoms with Crippen LogP contribution in [0.2, 0.25) is 10.0 Å². The Hall–Kier alpha value is -3.81. The number of nitrogens with zero attached hydrogens (tertiary/aromatic N) is 3. The Labute approximate surface area is 241 Å². The molecule has 1 atom stereocenters. The Morgan fingerprint density at radius 2 is 1.80 bits per heavy atom. The van der Waals surface area contributed by atoms with Crippen LogP contribution in [0.3, 0.4) is 0 Å². The van der Waals surface area contributed by atoms with Crippen LogP contribution in [0, 0.1) is 0 Å². The van der Waals surface area contributed by atoms with Gasteiger partial charge in [-0.15, -0.1) is 0 Å². The Morgan fingerprint density at radius 1 is 1.02 bits per heavy atom. The van der Waals surface area contributed by atoms with Crippen LogP contribution >= 0.6 is 23.2 Å². The average Bonchev–Trinajstić information content (AvgIpc) is 3.58. The number of anilines is 2. The van der Waals surface area contributed by atoms with E-state index in [0.717, 1.165) is 5.56 Å². The molecule has 3 heterocycles. The normalized spacial score (nSPS) is 19.4. The summed E-state index contributed by atoms with van der Waals surface area (Å²) in [4.78, 5) is 35.1. The summed E-state index contributed by atoms with van der Waals surface area (Å²) in [5.74, 6) is 1.07. The van der Waals surface area contributed by atoms with Crippen LogP contribution in [0.1, 0.15) is 66.0 Å². The number of carbonyl (C=O) groups is 2. The number of ether oxygens (including phenoxy) is 1. The average molecular weight is 573 g/mol. The number of aromatic nitrogens is 2. The van der Waals surface area contributed by atoms with Crippen molar-refractivity contribution in [1.29, 1.82) is 0 Å². The minimum absolute atomic E-state index is 0.146. The van der Waals surface area contributed by atoms with Crippen LogP contribution in [-0.4, -0.2) is 28.5 Å². The summed E-state index contributed by atoms with van der Waals surface area (Å²) < 4.78 is 7.83. The van der Waals surface area contributed by atoms with Gasteiger partial charge in [0.1, 0.15) is 11.6 Å². The van der Waals surface area contributed by atoms with E-state index in [-0.39, 0.29) is 23.6 Å². The lowest BCUT2D eigenvalue weighted by atomic mass is 9.87. The zero-order valence-electron chi connectivity index (χ0n) is 22.2. The van der Waals surface area contributed by atoms with Gasteiger partial charge in [0.05, 0.1) is 18.4 Å². The quantitative estimate of drug-likeness (QED) is 0.275. The molecule has 9 heteroatoms. The van der Waals surface area contributed by atoms with Gasteiger partial charge < -0.3 is 14.6 Å². The van der Waals surface area contributed by atoms with Crippen LogP contribution < -0.4 is 15.0 Å². The summed E-state index contributed by atoms with van der Waals surface area (Å²) in [5, 5.41) is 3.93. The summed E-state index contributed by atoms with van der Waals surface area (Å²) in [7, 11) is 1.64. The zero-order valence-corrected chi connectivity index (χ0v) is 23.7. The van der Waals surface area contributed by atoms with E-state index in [4.69, 9.17) is 32.9 Å². The van der Waals surface area contributed by atoms with E-state index in [1.807, 2.05) is 24.5 Å². The first-order valence-corrected chi connectivity index (χ1v) is 14.0. The van der Waals surface area contributed by atoms with Crippen LogP contribution in [0.15, 0.2) is 60.7 Å². The highest BCUT2D eigenvalue weighted by Gasteiger charge is 2.64. The van der Waals surface area contributed by atoms with Gasteiger partial charge >= 0.3 is 0 Å². The molecule has 1 N–H and O–H groups in total. The summed E-state index contributed by atoms with van der Waals surface area (Å²) in [5.41, 5.74) is 2.88. The highest BCUT2D eigenvalue weighted by Crippen LogP contribution is 2.55. The van der Waals surface area contributed by atoms with Gasteiger partial charge in [-0.3, -0.25) is 14.5 Å². The zero-order chi connectivity index (χ0) is 27.9. The monoisotopic (exact) mass is 572 g/mol. The largest absolute Gasteiger partial charge is 0.496 e. The molecule has 2 amide bonds. The molecule has 40 heavy (non-hydrogen) atoms. The molecule has 7 nitrogen and oxygen atoms in total. The molecule has 202 valence electrons. The Morgan fingerprint density at radius 3 is 2.50 bits per heavy atom. The molecule has 0 unspecified atom stereocenters. The molecule has 4 aromatic rings. The number of amides is 2. The van der Waals surface area contributed by atoms with Crippen molar-refractivity contribution in [2.45, 2.75) is 44.2 Å². The molecule has 3 aromatic carbocycles. The minimum atomic E-state index is -1.52. The minimum Gasteiger partial charge on any atom is -0.496 e. The second-order valence-corrected chi connectivity index (χ2v) is 11.7. The van der Waals surface area contributed by atoms with Gasteiger partial charge in [0.25, 0.3) is 11.8 Å². The molecule has 1 aliphatic carbocycles. The standard InChI is InChI=1S/C31H26Cl2N4O3/c1-16(2)36-27-26(35-28(36)22-11-9-18(17-7-8-17)13-25(22)40-3)29(38)37(21-6-4-5-19(32)14-21)31(27)23-12-10-20(33)15-24(23)34-30(31)39/h4-6,9-17H,7-8H2,1-3H3,(H,34,39)/t31-/m0/s1. The maximum absolute atomic E-state index is 14.4. The van der Waals surface area contributed by atoms with Gasteiger partial charge in [0, 0.05) is 33.0 Å². The van der Waals surface area contributed by atoms with Crippen molar-refractivity contribution in [2.24, 2.45) is 0 Å². The molecule has 0 saturated heterocycles. The number of methoxy groups -OCH3 is 1. The van der Waals surface area contributed by atoms with Gasteiger partial charge in [-0.25, -0.2) is 4.98 Å². The van der Waals surface area contributed by atoms with Crippen molar-refractivity contribution < 1.29 is 14.3 Å². The highest BCUT2D eigenvalue weighted by molar-refractivity contribution is 6.32. The summed E-state index contributed by atoms with van der Waals surface area (Å²) in [6, 6.07) is 18.2. The molecule has 7 rings (SSSR count). The lowest BCUT2D eigenvalue weighted by Crippen LogP contribution is -2.51. The number of imidazole rings is 1. The number of benzene rings is 3. The molecule has 3 aliphatic rings. The molecule has 2 aliphatic heterocycles. The van der Waals surface area contributed by atoms with Crippen LogP contribution in [0.5, 0.6) is 5.75 Å². The first-order chi connectivity index (χ1) is 19.2. The molecular weight excluding hydrogens is 547 g/mol. The number of hydrogen-bond acceptors (Lipinski definition) is 4. The van der Waals surface area contributed by atoms with Crippen LogP contribution in [-0.2, 0) is 10.3 Å². The Balaban J connectivity index is 1.54. The second-order valence-electron chi connectivity index (χ2n) is 10.8. The molecule has 0 radical (unpaired) electrons. The first kappa shape index (κ1) is 25.2. The highest BCUT2D eigenvalue weighted by atomic mass is 35.5. The fourth-order valence-corrected chi connectivity index (χ4v) is 6.56. The summed E-state index contributed by atoms with van der Waals surface area (Å²) >= 11 is 12.7. The van der Waals surface area contributed by atoms with Crippen molar-refractivity contribution >= 4 is 46.4 Å². The van der Waals surface area contributed by atoms with Crippen molar-refractivity contribution in [2.75, 3.05) is 17.3 Å². The predicted octanol–water partition coefficient (Wildman–Crippen LogP) is 7.18. The van der Waals surface area contributed by atoms with Crippen molar-refractivity contribution in [3.8, 4) is 17.1 Å². The number of nitrogens with one attached hydrogen (secondary N) is 1. The number of rotatable bonds is 5. The fourth-order valence-electron chi connectivity index (χ4n) is 6.20. The summed E-state index contributed by atoms with van der Waals surface area (Å²) in [6.45, 7) is 4.04. The number of halogens is 2. The SMILES string of the molecule is COc1cc(C2CC2)ccc1-c1nc2c(n1C(C)C)[C@@]1(C(=O)Nc3cc(Cl)ccc31)N(c1cccc(Cl)c1)C2=O. The lowest BCUT2D eigenvalue weighted by molar-refractivity contribution is -0.119. The van der Waals surface area contributed by atoms with Gasteiger partial charge in [0.15, 0.2) is 11.2 Å². The molecule has 1 spiro atoms. The fraction of sp³-hybridized carbons (Fsp3) is 0.258. The molecule has 0 bridgehead atoms. The van der Waals surface area contributed by atoms with Gasteiger partial charge in [-0.05, 0) is 80.6 Å². The predicted molar refractivity (Wildman–Crippen MR) is 156 cm³/mol. The summed E-state index contributed by atoms with van der Waals surface area (Å²) in [6.07, 6.45) is 2.35. The smallest absolute Gasteiger partial charge is 0.280 e. The lowest BCUT2D eigenvalue weighted by Gasteiger charge is -2.35. The third-order valence-electron chi connectivity index (χ3n) is 8.04. The Kier molecular flexibility index (Phi) is 5.57. The third-order valence-corrected chi connectivity index (χ3v) is 8.51. The first-order valence-electron chi connectivity index (χ1n) is 13.3.